The van der Waals surface area contributed by atoms with Crippen LogP contribution < -0.4 is 0 Å². The van der Waals surface area contributed by atoms with Gasteiger partial charge in [-0.25, -0.2) is 0 Å². The Morgan fingerprint density at radius 3 is 2.46 bits per heavy atom. The summed E-state index contributed by atoms with van der Waals surface area (Å²) in [5.41, 5.74) is 0.560. The Morgan fingerprint density at radius 1 is 1.46 bits per heavy atom. The first-order valence-electron chi connectivity index (χ1n) is 4.99. The predicted molar refractivity (Wildman–Crippen MR) is 57.9 cm³/mol. The van der Waals surface area contributed by atoms with Crippen LogP contribution in [0.15, 0.2) is 12.2 Å². The monoisotopic (exact) mass is 202 g/mol. The molecule has 0 aliphatic heterocycles. The minimum absolute atomic E-state index is 0.380. The number of hydrogen-bond acceptors (Lipinski definition) is 1. The zero-order valence-electron chi connectivity index (χ0n) is 8.61. The van der Waals surface area contributed by atoms with Gasteiger partial charge in [0.15, 0.2) is 0 Å². The zero-order valence-corrected chi connectivity index (χ0v) is 9.36. The Balaban J connectivity index is 3.83. The fourth-order valence-electron chi connectivity index (χ4n) is 1.37. The van der Waals surface area contributed by atoms with Crippen LogP contribution >= 0.6 is 11.6 Å². The third-order valence-corrected chi connectivity index (χ3v) is 2.62. The van der Waals surface area contributed by atoms with E-state index in [4.69, 9.17) is 11.6 Å². The highest BCUT2D eigenvalue weighted by Crippen LogP contribution is 2.21. The van der Waals surface area contributed by atoms with E-state index < -0.39 is 0 Å². The maximum Gasteiger partial charge on any atom is 0.247 e. The van der Waals surface area contributed by atoms with E-state index >= 15 is 0 Å². The van der Waals surface area contributed by atoms with E-state index in [1.807, 2.05) is 0 Å². The Morgan fingerprint density at radius 2 is 2.08 bits per heavy atom. The van der Waals surface area contributed by atoms with E-state index in [1.54, 1.807) is 0 Å². The summed E-state index contributed by atoms with van der Waals surface area (Å²) in [4.78, 5) is 10.7. The molecular weight excluding hydrogens is 184 g/mol. The third-order valence-electron chi connectivity index (χ3n) is 2.36. The lowest BCUT2D eigenvalue weighted by Gasteiger charge is -2.13. The van der Waals surface area contributed by atoms with Crippen LogP contribution in [-0.2, 0) is 4.79 Å². The first kappa shape index (κ1) is 12.7. The molecular formula is C11H19ClO. The van der Waals surface area contributed by atoms with Crippen molar-refractivity contribution in [2.75, 3.05) is 0 Å². The van der Waals surface area contributed by atoms with Crippen molar-refractivity contribution in [1.29, 1.82) is 0 Å². The second-order valence-corrected chi connectivity index (χ2v) is 3.84. The van der Waals surface area contributed by atoms with E-state index in [0.29, 0.717) is 11.5 Å². The number of carbonyl (C=O) groups is 1. The quantitative estimate of drug-likeness (QED) is 0.452. The fourth-order valence-corrected chi connectivity index (χ4v) is 1.45. The molecule has 0 spiro atoms. The number of allylic oxidation sites excluding steroid dienone is 1. The lowest BCUT2D eigenvalue weighted by atomic mass is 9.93. The molecule has 1 unspecified atom stereocenters. The molecule has 0 amide bonds. The number of unbranched alkanes of at least 4 members (excludes halogenated alkanes) is 1. The van der Waals surface area contributed by atoms with Crippen molar-refractivity contribution in [1.82, 2.24) is 0 Å². The van der Waals surface area contributed by atoms with Crippen molar-refractivity contribution in [3.8, 4) is 0 Å². The molecule has 0 rings (SSSR count). The van der Waals surface area contributed by atoms with Crippen LogP contribution in [0.25, 0.3) is 0 Å². The average Bonchev–Trinajstić information content (AvgIpc) is 2.11. The largest absolute Gasteiger partial charge is 0.276 e. The summed E-state index contributed by atoms with van der Waals surface area (Å²) in [5, 5.41) is -0.380. The molecule has 1 atom stereocenters. The number of hydrogen-bond donors (Lipinski definition) is 0. The highest BCUT2D eigenvalue weighted by Gasteiger charge is 2.11. The molecule has 0 aliphatic rings. The standard InChI is InChI=1S/C11H19ClO/c1-4-6-7-10(5-2)8-9(3)11(12)13/h10H,3-8H2,1-2H3. The molecule has 2 heteroatoms. The van der Waals surface area contributed by atoms with Crippen LogP contribution in [0.1, 0.15) is 46.0 Å². The van der Waals surface area contributed by atoms with Gasteiger partial charge in [-0.15, -0.1) is 0 Å². The smallest absolute Gasteiger partial charge is 0.247 e. The summed E-state index contributed by atoms with van der Waals surface area (Å²) in [6.45, 7) is 7.99. The van der Waals surface area contributed by atoms with E-state index in [9.17, 15) is 4.79 Å². The lowest BCUT2D eigenvalue weighted by molar-refractivity contribution is -0.108. The number of carbonyl (C=O) groups excluding carboxylic acids is 1. The van der Waals surface area contributed by atoms with Gasteiger partial charge in [-0.05, 0) is 23.9 Å². The highest BCUT2D eigenvalue weighted by atomic mass is 35.5. The van der Waals surface area contributed by atoms with Crippen LogP contribution in [0.2, 0.25) is 0 Å². The van der Waals surface area contributed by atoms with Crippen LogP contribution in [-0.4, -0.2) is 5.24 Å². The SMILES string of the molecule is C=C(CC(CC)CCCC)C(=O)Cl. The van der Waals surface area contributed by atoms with E-state index in [0.717, 1.165) is 12.8 Å². The molecule has 0 aromatic carbocycles. The van der Waals surface area contributed by atoms with Gasteiger partial charge in [-0.2, -0.15) is 0 Å². The first-order valence-corrected chi connectivity index (χ1v) is 5.37. The summed E-state index contributed by atoms with van der Waals surface area (Å²) in [5.74, 6) is 0.579. The van der Waals surface area contributed by atoms with E-state index in [1.165, 1.54) is 19.3 Å². The topological polar surface area (TPSA) is 17.1 Å². The lowest BCUT2D eigenvalue weighted by Crippen LogP contribution is -2.03. The van der Waals surface area contributed by atoms with Crippen LogP contribution in [0.3, 0.4) is 0 Å². The van der Waals surface area contributed by atoms with Crippen LogP contribution in [0.4, 0.5) is 0 Å². The van der Waals surface area contributed by atoms with Gasteiger partial charge in [-0.3, -0.25) is 4.79 Å². The second kappa shape index (κ2) is 7.14. The van der Waals surface area contributed by atoms with Gasteiger partial charge in [-0.1, -0.05) is 46.1 Å². The predicted octanol–water partition coefficient (Wildman–Crippen LogP) is 3.91. The summed E-state index contributed by atoms with van der Waals surface area (Å²) < 4.78 is 0. The van der Waals surface area contributed by atoms with Crippen molar-refractivity contribution < 1.29 is 4.79 Å². The summed E-state index contributed by atoms with van der Waals surface area (Å²) >= 11 is 5.32. The first-order chi connectivity index (χ1) is 6.11. The van der Waals surface area contributed by atoms with Crippen LogP contribution in [0, 0.1) is 5.92 Å². The summed E-state index contributed by atoms with van der Waals surface area (Å²) in [7, 11) is 0. The normalized spacial score (nSPS) is 12.5. The molecule has 0 aromatic rings. The highest BCUT2D eigenvalue weighted by molar-refractivity contribution is 6.67. The van der Waals surface area contributed by atoms with Gasteiger partial charge in [0.05, 0.1) is 0 Å². The molecule has 13 heavy (non-hydrogen) atoms. The maximum absolute atomic E-state index is 10.7. The Kier molecular flexibility index (Phi) is 6.97. The molecule has 76 valence electrons. The van der Waals surface area contributed by atoms with Crippen molar-refractivity contribution in [3.05, 3.63) is 12.2 Å². The molecule has 0 N–H and O–H groups in total. The third kappa shape index (κ3) is 5.87. The van der Waals surface area contributed by atoms with E-state index in [-0.39, 0.29) is 5.24 Å². The van der Waals surface area contributed by atoms with Gasteiger partial charge in [0.1, 0.15) is 0 Å². The Bertz CT molecular complexity index is 175. The van der Waals surface area contributed by atoms with E-state index in [2.05, 4.69) is 20.4 Å². The minimum atomic E-state index is -0.380. The Hall–Kier alpha value is -0.300. The van der Waals surface area contributed by atoms with Gasteiger partial charge in [0.25, 0.3) is 0 Å². The minimum Gasteiger partial charge on any atom is -0.276 e. The van der Waals surface area contributed by atoms with Gasteiger partial charge < -0.3 is 0 Å². The second-order valence-electron chi connectivity index (χ2n) is 3.50. The molecule has 0 heterocycles. The van der Waals surface area contributed by atoms with Crippen molar-refractivity contribution in [3.63, 3.8) is 0 Å². The maximum atomic E-state index is 10.7. The number of rotatable bonds is 7. The van der Waals surface area contributed by atoms with Gasteiger partial charge in [0, 0.05) is 5.57 Å². The molecule has 0 radical (unpaired) electrons. The van der Waals surface area contributed by atoms with Crippen molar-refractivity contribution in [2.45, 2.75) is 46.0 Å². The van der Waals surface area contributed by atoms with Gasteiger partial charge in [0.2, 0.25) is 5.24 Å². The molecule has 1 nitrogen and oxygen atoms in total. The summed E-state index contributed by atoms with van der Waals surface area (Å²) in [6.07, 6.45) is 5.47. The molecule has 0 fully saturated rings. The molecule has 0 bridgehead atoms. The number of halogens is 1. The van der Waals surface area contributed by atoms with Crippen LogP contribution in [0.5, 0.6) is 0 Å². The molecule has 0 saturated carbocycles. The van der Waals surface area contributed by atoms with Gasteiger partial charge >= 0.3 is 0 Å². The van der Waals surface area contributed by atoms with Crippen molar-refractivity contribution in [2.24, 2.45) is 5.92 Å². The van der Waals surface area contributed by atoms with Crippen molar-refractivity contribution >= 4 is 16.8 Å². The molecule has 0 aromatic heterocycles. The zero-order chi connectivity index (χ0) is 10.3. The Labute approximate surface area is 86.2 Å². The average molecular weight is 203 g/mol. The molecule has 0 saturated heterocycles. The fraction of sp³-hybridized carbons (Fsp3) is 0.727. The summed E-state index contributed by atoms with van der Waals surface area (Å²) in [6, 6.07) is 0. The molecule has 0 aliphatic carbocycles.